The quantitative estimate of drug-likeness (QED) is 0.112. The Morgan fingerprint density at radius 2 is 1.48 bits per heavy atom. The first-order valence-electron chi connectivity index (χ1n) is 15.0. The zero-order valence-corrected chi connectivity index (χ0v) is 27.1. The van der Waals surface area contributed by atoms with Gasteiger partial charge in [-0.05, 0) is 95.4 Å². The third kappa shape index (κ3) is 8.31. The molecule has 11 heteroatoms. The van der Waals surface area contributed by atoms with Crippen molar-refractivity contribution < 1.29 is 37.7 Å². The van der Waals surface area contributed by atoms with Crippen LogP contribution in [0.5, 0.6) is 17.2 Å². The van der Waals surface area contributed by atoms with Gasteiger partial charge in [-0.3, -0.25) is 9.52 Å². The van der Waals surface area contributed by atoms with Crippen molar-refractivity contribution in [2.75, 3.05) is 18.4 Å². The van der Waals surface area contributed by atoms with Crippen molar-refractivity contribution in [3.8, 4) is 28.4 Å². The highest BCUT2D eigenvalue weighted by atomic mass is 32.2. The monoisotopic (exact) mass is 666 g/mol. The fourth-order valence-electron chi connectivity index (χ4n) is 5.04. The third-order valence-corrected chi connectivity index (χ3v) is 8.96. The minimum atomic E-state index is -4.06. The van der Waals surface area contributed by atoms with E-state index >= 15 is 0 Å². The number of anilines is 1. The molecule has 5 aromatic rings. The molecular weight excluding hydrogens is 632 g/mol. The van der Waals surface area contributed by atoms with Crippen LogP contribution in [0, 0.1) is 6.92 Å². The van der Waals surface area contributed by atoms with E-state index in [1.54, 1.807) is 42.5 Å². The highest BCUT2D eigenvalue weighted by Crippen LogP contribution is 2.26. The summed E-state index contributed by atoms with van der Waals surface area (Å²) in [5.74, 6) is -0.535. The van der Waals surface area contributed by atoms with Gasteiger partial charge in [-0.2, -0.15) is 0 Å². The number of phenolic OH excluding ortho intramolecular Hbond substituents is 1. The summed E-state index contributed by atoms with van der Waals surface area (Å²) in [7, 11) is -2.75. The molecule has 246 valence electrons. The van der Waals surface area contributed by atoms with Crippen LogP contribution in [-0.4, -0.2) is 44.2 Å². The van der Waals surface area contributed by atoms with E-state index < -0.39 is 16.0 Å². The van der Waals surface area contributed by atoms with Crippen LogP contribution in [0.3, 0.4) is 0 Å². The fourth-order valence-corrected chi connectivity index (χ4v) is 6.12. The number of carbonyl (C=O) groups is 2. The Morgan fingerprint density at radius 1 is 0.792 bits per heavy atom. The molecule has 48 heavy (non-hydrogen) atoms. The fraction of sp³-hybridized carbons (Fsp3) is 0.135. The molecule has 0 bridgehead atoms. The Morgan fingerprint density at radius 3 is 2.15 bits per heavy atom. The van der Waals surface area contributed by atoms with Gasteiger partial charge in [-0.25, -0.2) is 13.2 Å². The molecule has 0 heterocycles. The summed E-state index contributed by atoms with van der Waals surface area (Å²) in [6.07, 6.45) is 0.504. The van der Waals surface area contributed by atoms with Crippen molar-refractivity contribution in [3.05, 3.63) is 137 Å². The number of phenols is 1. The van der Waals surface area contributed by atoms with Crippen molar-refractivity contribution in [3.63, 3.8) is 0 Å². The number of nitrogens with one attached hydrogen (secondary N) is 2. The molecule has 1 amide bonds. The number of rotatable bonds is 13. The Hall–Kier alpha value is -5.81. The minimum Gasteiger partial charge on any atom is -0.508 e. The highest BCUT2D eigenvalue weighted by molar-refractivity contribution is 7.92. The van der Waals surface area contributed by atoms with Crippen LogP contribution in [0.4, 0.5) is 5.69 Å². The number of aryl methyl sites for hydroxylation is 1. The first-order valence-corrected chi connectivity index (χ1v) is 16.4. The summed E-state index contributed by atoms with van der Waals surface area (Å²) in [6.45, 7) is 2.61. The lowest BCUT2D eigenvalue weighted by atomic mass is 10.0. The number of aromatic hydroxyl groups is 1. The van der Waals surface area contributed by atoms with E-state index in [-0.39, 0.29) is 27.9 Å². The van der Waals surface area contributed by atoms with Gasteiger partial charge < -0.3 is 25.0 Å². The van der Waals surface area contributed by atoms with Crippen LogP contribution in [0.1, 0.15) is 37.4 Å². The van der Waals surface area contributed by atoms with Crippen molar-refractivity contribution in [1.82, 2.24) is 5.32 Å². The smallest absolute Gasteiger partial charge is 0.339 e. The molecule has 0 radical (unpaired) electrons. The number of carboxylic acid groups (broad SMARTS) is 1. The van der Waals surface area contributed by atoms with E-state index in [4.69, 9.17) is 9.47 Å². The maximum absolute atomic E-state index is 13.0. The predicted octanol–water partition coefficient (Wildman–Crippen LogP) is 6.43. The van der Waals surface area contributed by atoms with E-state index in [0.717, 1.165) is 33.9 Å². The Bertz CT molecular complexity index is 2040. The molecule has 0 saturated heterocycles. The molecule has 0 aromatic heterocycles. The van der Waals surface area contributed by atoms with Gasteiger partial charge in [-0.15, -0.1) is 0 Å². The predicted molar refractivity (Wildman–Crippen MR) is 182 cm³/mol. The SMILES string of the molecule is COc1ccc(S(=O)(=O)Nc2cccc(CCOc3ccc(CNC(=O)c4ccc(-c5ccc(O)cc5)cc4)cc3C)c2)cc1C(=O)O. The molecule has 0 unspecified atom stereocenters. The number of hydrogen-bond donors (Lipinski definition) is 4. The van der Waals surface area contributed by atoms with Crippen LogP contribution in [-0.2, 0) is 23.0 Å². The van der Waals surface area contributed by atoms with Crippen LogP contribution >= 0.6 is 0 Å². The van der Waals surface area contributed by atoms with Crippen LogP contribution in [0.2, 0.25) is 0 Å². The molecule has 0 spiro atoms. The molecule has 10 nitrogen and oxygen atoms in total. The number of hydrogen-bond acceptors (Lipinski definition) is 7. The molecule has 0 fully saturated rings. The number of ether oxygens (including phenoxy) is 2. The molecular formula is C37H34N2O8S. The lowest BCUT2D eigenvalue weighted by molar-refractivity contribution is 0.0692. The van der Waals surface area contributed by atoms with E-state index in [9.17, 15) is 28.2 Å². The Labute approximate surface area is 278 Å². The van der Waals surface area contributed by atoms with Gasteiger partial charge in [0.2, 0.25) is 0 Å². The summed E-state index contributed by atoms with van der Waals surface area (Å²) in [6, 6.07) is 30.4. The van der Waals surface area contributed by atoms with Crippen molar-refractivity contribution in [1.29, 1.82) is 0 Å². The zero-order valence-electron chi connectivity index (χ0n) is 26.3. The summed E-state index contributed by atoms with van der Waals surface area (Å²) >= 11 is 0. The van der Waals surface area contributed by atoms with E-state index in [1.807, 2.05) is 55.5 Å². The number of carbonyl (C=O) groups excluding carboxylic acids is 1. The molecule has 0 aliphatic carbocycles. The largest absolute Gasteiger partial charge is 0.508 e. The summed E-state index contributed by atoms with van der Waals surface area (Å²) < 4.78 is 39.5. The third-order valence-electron chi connectivity index (χ3n) is 7.58. The van der Waals surface area contributed by atoms with Crippen molar-refractivity contribution in [2.24, 2.45) is 0 Å². The Kier molecular flexibility index (Phi) is 10.3. The second kappa shape index (κ2) is 14.7. The average Bonchev–Trinajstić information content (AvgIpc) is 3.08. The van der Waals surface area contributed by atoms with Gasteiger partial charge in [-0.1, -0.05) is 48.5 Å². The van der Waals surface area contributed by atoms with Crippen LogP contribution < -0.4 is 19.5 Å². The second-order valence-corrected chi connectivity index (χ2v) is 12.7. The first kappa shape index (κ1) is 33.6. The van der Waals surface area contributed by atoms with Gasteiger partial charge in [0, 0.05) is 24.2 Å². The standard InChI is InChI=1S/C37H34N2O8S/c1-24-20-26(23-38-36(41)29-9-7-27(8-10-29)28-11-13-31(40)14-12-28)6-16-34(24)47-19-18-25-4-3-5-30(21-25)39-48(44,45)32-15-17-35(46-2)33(22-32)37(42)43/h3-17,20-22,39-40H,18-19,23H2,1-2H3,(H,38,41)(H,42,43). The lowest BCUT2D eigenvalue weighted by Crippen LogP contribution is -2.22. The minimum absolute atomic E-state index is 0.0608. The molecule has 0 aliphatic heterocycles. The number of amides is 1. The van der Waals surface area contributed by atoms with Gasteiger partial charge in [0.05, 0.1) is 18.6 Å². The van der Waals surface area contributed by atoms with Gasteiger partial charge in [0.1, 0.15) is 22.8 Å². The van der Waals surface area contributed by atoms with Gasteiger partial charge >= 0.3 is 5.97 Å². The Balaban J connectivity index is 1.13. The average molecular weight is 667 g/mol. The normalized spacial score (nSPS) is 11.0. The second-order valence-electron chi connectivity index (χ2n) is 11.0. The first-order chi connectivity index (χ1) is 23.0. The highest BCUT2D eigenvalue weighted by Gasteiger charge is 2.20. The number of carboxylic acids is 1. The molecule has 5 aromatic carbocycles. The number of sulfonamides is 1. The zero-order chi connectivity index (χ0) is 34.3. The summed E-state index contributed by atoms with van der Waals surface area (Å²) in [4.78, 5) is 24.1. The van der Waals surface area contributed by atoms with Crippen molar-refractivity contribution in [2.45, 2.75) is 24.8 Å². The van der Waals surface area contributed by atoms with Crippen molar-refractivity contribution >= 4 is 27.6 Å². The molecule has 0 aliphatic rings. The van der Waals surface area contributed by atoms with Crippen LogP contribution in [0.25, 0.3) is 11.1 Å². The van der Waals surface area contributed by atoms with Crippen LogP contribution in [0.15, 0.2) is 114 Å². The number of benzene rings is 5. The molecule has 4 N–H and O–H groups in total. The van der Waals surface area contributed by atoms with Gasteiger partial charge in [0.15, 0.2) is 0 Å². The summed E-state index contributed by atoms with van der Waals surface area (Å²) in [5, 5.41) is 21.8. The number of methoxy groups -OCH3 is 1. The lowest BCUT2D eigenvalue weighted by Gasteiger charge is -2.13. The van der Waals surface area contributed by atoms with E-state index in [0.29, 0.717) is 36.6 Å². The van der Waals surface area contributed by atoms with E-state index in [2.05, 4.69) is 10.0 Å². The maximum Gasteiger partial charge on any atom is 0.339 e. The topological polar surface area (TPSA) is 151 Å². The molecule has 5 rings (SSSR count). The molecule has 0 saturated carbocycles. The summed E-state index contributed by atoms with van der Waals surface area (Å²) in [5.41, 5.74) is 5.16. The van der Waals surface area contributed by atoms with E-state index in [1.165, 1.54) is 19.2 Å². The van der Waals surface area contributed by atoms with Gasteiger partial charge in [0.25, 0.3) is 15.9 Å². The molecule has 0 atom stereocenters. The number of aromatic carboxylic acids is 1. The maximum atomic E-state index is 13.0.